The minimum Gasteiger partial charge on any atom is -0.310 e. The normalized spacial score (nSPS) is 17.7. The average molecular weight is 1230 g/mol. The summed E-state index contributed by atoms with van der Waals surface area (Å²) in [5.74, 6) is 0.348. The molecule has 0 spiro atoms. The lowest BCUT2D eigenvalue weighted by molar-refractivity contribution is 0.590. The molecule has 0 amide bonds. The number of hydrogen-bond donors (Lipinski definition) is 0. The Balaban J connectivity index is 1.04. The van der Waals surface area contributed by atoms with E-state index in [4.69, 9.17) is 0 Å². The molecule has 1 aromatic heterocycles. The zero-order valence-electron chi connectivity index (χ0n) is 55.0. The minimum atomic E-state index is -0.581. The number of benzene rings is 10. The van der Waals surface area contributed by atoms with Crippen molar-refractivity contribution in [3.8, 4) is 22.3 Å². The van der Waals surface area contributed by atoms with Crippen molar-refractivity contribution >= 4 is 87.6 Å². The van der Waals surface area contributed by atoms with Crippen LogP contribution in [0.2, 0.25) is 0 Å². The van der Waals surface area contributed by atoms with Crippen LogP contribution in [0.3, 0.4) is 0 Å². The summed E-state index contributed by atoms with van der Waals surface area (Å²) in [5.41, 5.74) is 26.0. The van der Waals surface area contributed by atoms with Gasteiger partial charge in [0, 0.05) is 55.1 Å². The van der Waals surface area contributed by atoms with Gasteiger partial charge in [0.2, 0.25) is 0 Å². The van der Waals surface area contributed by atoms with Crippen LogP contribution in [-0.4, -0.2) is 0 Å². The van der Waals surface area contributed by atoms with Crippen LogP contribution >= 0.6 is 11.3 Å². The summed E-state index contributed by atoms with van der Waals surface area (Å²) in [6.45, 7) is 14.1. The Hall–Kier alpha value is -9.80. The molecule has 0 saturated heterocycles. The van der Waals surface area contributed by atoms with Gasteiger partial charge in [-0.05, 0) is 194 Å². The van der Waals surface area contributed by atoms with Gasteiger partial charge in [-0.3, -0.25) is 0 Å². The first-order valence-corrected chi connectivity index (χ1v) is 34.9. The van der Waals surface area contributed by atoms with Crippen molar-refractivity contribution in [2.24, 2.45) is 5.92 Å². The van der Waals surface area contributed by atoms with Gasteiger partial charge in [0.25, 0.3) is 0 Å². The van der Waals surface area contributed by atoms with Gasteiger partial charge in [0.05, 0.1) is 21.5 Å². The quantitative estimate of drug-likeness (QED) is 0.120. The van der Waals surface area contributed by atoms with E-state index in [1.54, 1.807) is 0 Å². The van der Waals surface area contributed by atoms with E-state index in [1.807, 2.05) is 11.3 Å². The Labute approximate surface area is 560 Å². The topological polar surface area (TPSA) is 6.48 Å². The largest absolute Gasteiger partial charge is 0.310 e. The van der Waals surface area contributed by atoms with Crippen molar-refractivity contribution in [1.82, 2.24) is 0 Å². The molecule has 16 rings (SSSR count). The molecule has 1 heterocycles. The van der Waals surface area contributed by atoms with Crippen LogP contribution in [0.1, 0.15) is 120 Å². The second kappa shape index (κ2) is 24.0. The van der Waals surface area contributed by atoms with Crippen molar-refractivity contribution in [3.63, 3.8) is 0 Å². The van der Waals surface area contributed by atoms with Crippen LogP contribution in [0, 0.1) is 5.92 Å². The molecule has 2 nitrogen and oxygen atoms in total. The van der Waals surface area contributed by atoms with E-state index in [2.05, 4.69) is 337 Å². The summed E-state index contributed by atoms with van der Waals surface area (Å²) in [6, 6.07) is 83.7. The third-order valence-corrected chi connectivity index (χ3v) is 21.7. The van der Waals surface area contributed by atoms with E-state index in [9.17, 15) is 0 Å². The summed E-state index contributed by atoms with van der Waals surface area (Å²) in [7, 11) is 0. The van der Waals surface area contributed by atoms with E-state index in [0.717, 1.165) is 67.7 Å². The third kappa shape index (κ3) is 10.2. The maximum absolute atomic E-state index is 2.64. The molecule has 94 heavy (non-hydrogen) atoms. The predicted molar refractivity (Wildman–Crippen MR) is 405 cm³/mol. The highest BCUT2D eigenvalue weighted by Crippen LogP contribution is 2.65. The standard InChI is InChI=1S/C91H80N2S/c1-89(2,3)68-42-29-46-72(58-68)92(70-44-27-36-63(55-70)76-50-23-21-48-74(76)61-31-11-7-12-32-61)82-60-83-85(86-84(82)79-53-25-26-54-81(79)91(86,66-38-15-9-16-39-66)67-40-17-10-18-41-67)80-57-65-35-19-20-52-78(65)87(88(80)94-83)93(73-47-30-43-69(59-73)90(4,5)6)71-45-28-37-64(56-71)77-51-24-22-49-75(77)62-33-13-8-14-34-62/h7-17,19-21,23,25,27-33,35-40,42-53,55-60,62H,18,22,24,26,34,41,54H2,1-6H3. The molecule has 0 fully saturated rings. The molecule has 5 aliphatic carbocycles. The van der Waals surface area contributed by atoms with Gasteiger partial charge in [0.1, 0.15) is 0 Å². The van der Waals surface area contributed by atoms with E-state index < -0.39 is 5.41 Å². The predicted octanol–water partition coefficient (Wildman–Crippen LogP) is 26.0. The number of rotatable bonds is 12. The zero-order valence-corrected chi connectivity index (χ0v) is 55.8. The van der Waals surface area contributed by atoms with Gasteiger partial charge < -0.3 is 9.80 Å². The lowest BCUT2D eigenvalue weighted by Gasteiger charge is -2.40. The molecule has 11 aromatic rings. The van der Waals surface area contributed by atoms with Crippen LogP contribution in [0.15, 0.2) is 302 Å². The average Bonchev–Trinajstić information content (AvgIpc) is 1.50. The van der Waals surface area contributed by atoms with Crippen molar-refractivity contribution in [2.75, 3.05) is 9.80 Å². The first-order chi connectivity index (χ1) is 45.9. The highest BCUT2D eigenvalue weighted by molar-refractivity contribution is 7.26. The number of fused-ring (bicyclic) bond motifs is 7. The Morgan fingerprint density at radius 1 is 0.489 bits per heavy atom. The summed E-state index contributed by atoms with van der Waals surface area (Å²) in [4.78, 5) is 5.29. The van der Waals surface area contributed by atoms with Crippen molar-refractivity contribution in [1.29, 1.82) is 0 Å². The molecule has 0 N–H and O–H groups in total. The molecule has 0 saturated carbocycles. The Morgan fingerprint density at radius 2 is 1.11 bits per heavy atom. The van der Waals surface area contributed by atoms with Crippen LogP contribution in [0.25, 0.3) is 64.3 Å². The molecule has 0 radical (unpaired) electrons. The van der Waals surface area contributed by atoms with Gasteiger partial charge in [-0.25, -0.2) is 0 Å². The molecule has 2 unspecified atom stereocenters. The summed E-state index contributed by atoms with van der Waals surface area (Å²) >= 11 is 1.98. The monoisotopic (exact) mass is 1230 g/mol. The molecule has 0 aliphatic heterocycles. The van der Waals surface area contributed by atoms with Crippen molar-refractivity contribution in [2.45, 2.75) is 103 Å². The lowest BCUT2D eigenvalue weighted by Crippen LogP contribution is -2.32. The fourth-order valence-electron chi connectivity index (χ4n) is 16.1. The molecule has 10 aromatic carbocycles. The zero-order chi connectivity index (χ0) is 63.7. The molecule has 5 aliphatic rings. The van der Waals surface area contributed by atoms with Crippen molar-refractivity contribution < 1.29 is 0 Å². The molecule has 460 valence electrons. The Morgan fingerprint density at radius 3 is 1.82 bits per heavy atom. The van der Waals surface area contributed by atoms with Crippen LogP contribution < -0.4 is 9.80 Å². The van der Waals surface area contributed by atoms with Gasteiger partial charge >= 0.3 is 0 Å². The second-order valence-corrected chi connectivity index (χ2v) is 29.4. The molecular formula is C91H80N2S. The Bertz CT molecular complexity index is 5080. The van der Waals surface area contributed by atoms with E-state index in [-0.39, 0.29) is 10.8 Å². The maximum Gasteiger partial charge on any atom is 0.0718 e. The van der Waals surface area contributed by atoms with E-state index >= 15 is 0 Å². The smallest absolute Gasteiger partial charge is 0.0718 e. The minimum absolute atomic E-state index is 0.0892. The van der Waals surface area contributed by atoms with E-state index in [1.165, 1.54) is 126 Å². The summed E-state index contributed by atoms with van der Waals surface area (Å²) in [5, 5.41) is 5.08. The number of allylic oxidation sites excluding steroid dienone is 16. The number of hydrogen-bond acceptors (Lipinski definition) is 3. The molecule has 3 heteroatoms. The summed E-state index contributed by atoms with van der Waals surface area (Å²) in [6.07, 6.45) is 33.4. The molecular weight excluding hydrogens is 1150 g/mol. The van der Waals surface area contributed by atoms with Gasteiger partial charge in [-0.2, -0.15) is 0 Å². The van der Waals surface area contributed by atoms with Crippen LogP contribution in [0.4, 0.5) is 34.1 Å². The number of thiophene rings is 1. The Kier molecular flexibility index (Phi) is 15.1. The highest BCUT2D eigenvalue weighted by atomic mass is 32.1. The van der Waals surface area contributed by atoms with Gasteiger partial charge in [-0.15, -0.1) is 11.3 Å². The fourth-order valence-corrected chi connectivity index (χ4v) is 17.3. The molecule has 2 atom stereocenters. The van der Waals surface area contributed by atoms with Gasteiger partial charge in [-0.1, -0.05) is 272 Å². The number of nitrogens with zero attached hydrogens (tertiary/aromatic N) is 2. The SMILES string of the molecule is CC(C)(C)c1cccc(N(c2cccc(-c3ccccc3-c3ccccc3)c2)c2cc3sc4c(N(c5cccc(C6=CCCC=C6C6C=CC=CC6)c5)c5cccc(C(C)(C)C)c5)c5ccccc5cc4c3c3c2C2=C(CCC=C2)C3(C2=CC=CCC2)c2ccccc2)c1. The van der Waals surface area contributed by atoms with Crippen LogP contribution in [-0.2, 0) is 16.2 Å². The third-order valence-electron chi connectivity index (χ3n) is 20.5. The first kappa shape index (κ1) is 59.2. The second-order valence-electron chi connectivity index (χ2n) is 28.3. The van der Waals surface area contributed by atoms with Gasteiger partial charge in [0.15, 0.2) is 0 Å². The highest BCUT2D eigenvalue weighted by Gasteiger charge is 2.51. The maximum atomic E-state index is 2.64. The van der Waals surface area contributed by atoms with Crippen LogP contribution in [0.5, 0.6) is 0 Å². The lowest BCUT2D eigenvalue weighted by atomic mass is 9.62. The van der Waals surface area contributed by atoms with Crippen molar-refractivity contribution in [3.05, 3.63) is 335 Å². The molecule has 0 bridgehead atoms. The first-order valence-electron chi connectivity index (χ1n) is 34.1. The van der Waals surface area contributed by atoms with E-state index in [0.29, 0.717) is 5.92 Å². The summed E-state index contributed by atoms with van der Waals surface area (Å²) < 4.78 is 2.55. The number of anilines is 6. The fraction of sp³-hybridized carbons (Fsp3) is 0.187.